The number of H-pyrrole nitrogens is 1. The molecule has 3 aromatic rings. The number of aliphatic hydroxyl groups is 1. The Hall–Kier alpha value is -2.18. The molecule has 1 fully saturated rings. The first-order chi connectivity index (χ1) is 13.7. The molecule has 2 N–H and O–H groups in total. The van der Waals surface area contributed by atoms with Gasteiger partial charge in [-0.25, -0.2) is 0 Å². The predicted octanol–water partition coefficient (Wildman–Crippen LogP) is 3.41. The lowest BCUT2D eigenvalue weighted by atomic mass is 10.1. The van der Waals surface area contributed by atoms with E-state index in [1.807, 2.05) is 36.5 Å². The van der Waals surface area contributed by atoms with Crippen LogP contribution in [0.25, 0.3) is 11.3 Å². The summed E-state index contributed by atoms with van der Waals surface area (Å²) in [4.78, 5) is 4.63. The van der Waals surface area contributed by atoms with Crippen LogP contribution in [0.5, 0.6) is 0 Å². The summed E-state index contributed by atoms with van der Waals surface area (Å²) in [5.74, 6) is 0. The van der Waals surface area contributed by atoms with Gasteiger partial charge in [0.25, 0.3) is 0 Å². The van der Waals surface area contributed by atoms with E-state index in [1.54, 1.807) is 0 Å². The van der Waals surface area contributed by atoms with Crippen LogP contribution < -0.4 is 0 Å². The van der Waals surface area contributed by atoms with E-state index in [0.717, 1.165) is 48.0 Å². The number of aromatic amines is 1. The van der Waals surface area contributed by atoms with Gasteiger partial charge in [-0.2, -0.15) is 5.10 Å². The Morgan fingerprint density at radius 2 is 1.64 bits per heavy atom. The van der Waals surface area contributed by atoms with E-state index in [4.69, 9.17) is 11.6 Å². The van der Waals surface area contributed by atoms with Gasteiger partial charge in [0.05, 0.1) is 18.0 Å². The van der Waals surface area contributed by atoms with Crippen molar-refractivity contribution < 1.29 is 5.11 Å². The number of nitrogens with zero attached hydrogens (tertiary/aromatic N) is 3. The maximum Gasteiger partial charge on any atom is 0.0794 e. The highest BCUT2D eigenvalue weighted by atomic mass is 35.5. The van der Waals surface area contributed by atoms with Gasteiger partial charge in [-0.05, 0) is 23.3 Å². The van der Waals surface area contributed by atoms with E-state index < -0.39 is 0 Å². The predicted molar refractivity (Wildman–Crippen MR) is 112 cm³/mol. The quantitative estimate of drug-likeness (QED) is 0.694. The van der Waals surface area contributed by atoms with Gasteiger partial charge < -0.3 is 5.11 Å². The molecule has 0 unspecified atom stereocenters. The SMILES string of the molecule is O[C@@H]1CN(Cc2ccccc2)CCN(Cc2cn[nH]c2-c2ccc(Cl)cc2)C1. The van der Waals surface area contributed by atoms with E-state index in [1.165, 1.54) is 5.56 Å². The van der Waals surface area contributed by atoms with Crippen LogP contribution in [0, 0.1) is 0 Å². The molecule has 1 saturated heterocycles. The van der Waals surface area contributed by atoms with Crippen LogP contribution >= 0.6 is 11.6 Å². The number of hydrogen-bond acceptors (Lipinski definition) is 4. The molecule has 0 spiro atoms. The summed E-state index contributed by atoms with van der Waals surface area (Å²) >= 11 is 6.01. The van der Waals surface area contributed by atoms with Gasteiger partial charge in [0.1, 0.15) is 0 Å². The smallest absolute Gasteiger partial charge is 0.0794 e. The summed E-state index contributed by atoms with van der Waals surface area (Å²) in [5, 5.41) is 18.6. The minimum absolute atomic E-state index is 0.364. The van der Waals surface area contributed by atoms with E-state index >= 15 is 0 Å². The van der Waals surface area contributed by atoms with Crippen LogP contribution in [0.3, 0.4) is 0 Å². The zero-order chi connectivity index (χ0) is 19.3. The largest absolute Gasteiger partial charge is 0.390 e. The number of rotatable bonds is 5. The standard InChI is InChI=1S/C22H25ClN4O/c23-20-8-6-18(7-9-20)22-19(12-24-25-22)14-27-11-10-26(15-21(28)16-27)13-17-4-2-1-3-5-17/h1-9,12,21,28H,10-11,13-16H2,(H,24,25)/t21-/m1/s1. The average Bonchev–Trinajstić information content (AvgIpc) is 3.07. The topological polar surface area (TPSA) is 55.4 Å². The molecule has 0 radical (unpaired) electrons. The summed E-state index contributed by atoms with van der Waals surface area (Å²) in [6.45, 7) is 4.82. The first-order valence-corrected chi connectivity index (χ1v) is 10.00. The van der Waals surface area contributed by atoms with E-state index in [-0.39, 0.29) is 6.10 Å². The lowest BCUT2D eigenvalue weighted by molar-refractivity contribution is 0.106. The molecule has 6 heteroatoms. The Labute approximate surface area is 170 Å². The summed E-state index contributed by atoms with van der Waals surface area (Å²) in [6.07, 6.45) is 1.51. The van der Waals surface area contributed by atoms with Gasteiger partial charge in [-0.3, -0.25) is 14.9 Å². The van der Waals surface area contributed by atoms with Crippen molar-refractivity contribution in [2.75, 3.05) is 26.2 Å². The molecule has 1 aliphatic heterocycles. The van der Waals surface area contributed by atoms with Gasteiger partial charge in [0, 0.05) is 49.9 Å². The van der Waals surface area contributed by atoms with Gasteiger partial charge in [0.15, 0.2) is 0 Å². The monoisotopic (exact) mass is 396 g/mol. The molecule has 1 aliphatic rings. The molecule has 0 aliphatic carbocycles. The molecule has 2 aromatic carbocycles. The Kier molecular flexibility index (Phi) is 6.07. The first kappa shape index (κ1) is 19.2. The molecule has 5 nitrogen and oxygen atoms in total. The molecule has 0 bridgehead atoms. The summed E-state index contributed by atoms with van der Waals surface area (Å²) < 4.78 is 0. The summed E-state index contributed by atoms with van der Waals surface area (Å²) in [7, 11) is 0. The number of β-amino-alcohol motifs (C(OH)–C–C–N with tert-alkyl or cyclic N) is 1. The minimum atomic E-state index is -0.364. The Morgan fingerprint density at radius 1 is 0.964 bits per heavy atom. The lowest BCUT2D eigenvalue weighted by Crippen LogP contribution is -2.33. The number of nitrogens with one attached hydrogen (secondary N) is 1. The first-order valence-electron chi connectivity index (χ1n) is 9.62. The van der Waals surface area contributed by atoms with Crippen LogP contribution in [0.2, 0.25) is 5.02 Å². The second-order valence-corrected chi connectivity index (χ2v) is 7.82. The average molecular weight is 397 g/mol. The van der Waals surface area contributed by atoms with E-state index in [2.05, 4.69) is 44.3 Å². The zero-order valence-corrected chi connectivity index (χ0v) is 16.5. The van der Waals surface area contributed by atoms with Gasteiger partial charge in [-0.15, -0.1) is 0 Å². The second kappa shape index (κ2) is 8.88. The van der Waals surface area contributed by atoms with Crippen molar-refractivity contribution in [3.63, 3.8) is 0 Å². The fourth-order valence-electron chi connectivity index (χ4n) is 3.79. The Balaban J connectivity index is 1.42. The molecule has 28 heavy (non-hydrogen) atoms. The highest BCUT2D eigenvalue weighted by Gasteiger charge is 2.22. The third kappa shape index (κ3) is 4.80. The van der Waals surface area contributed by atoms with Gasteiger partial charge in [0.2, 0.25) is 0 Å². The van der Waals surface area contributed by atoms with Crippen LogP contribution in [0.1, 0.15) is 11.1 Å². The zero-order valence-electron chi connectivity index (χ0n) is 15.8. The van der Waals surface area contributed by atoms with Crippen LogP contribution in [0.4, 0.5) is 0 Å². The molecular formula is C22H25ClN4O. The van der Waals surface area contributed by atoms with Gasteiger partial charge in [-0.1, -0.05) is 54.1 Å². The van der Waals surface area contributed by atoms with Crippen molar-refractivity contribution in [2.24, 2.45) is 0 Å². The molecule has 2 heterocycles. The maximum atomic E-state index is 10.5. The Morgan fingerprint density at radius 3 is 2.36 bits per heavy atom. The highest BCUT2D eigenvalue weighted by molar-refractivity contribution is 6.30. The van der Waals surface area contributed by atoms with E-state index in [9.17, 15) is 5.11 Å². The Bertz CT molecular complexity index is 881. The van der Waals surface area contributed by atoms with Crippen molar-refractivity contribution in [1.82, 2.24) is 20.0 Å². The van der Waals surface area contributed by atoms with Crippen molar-refractivity contribution >= 4 is 11.6 Å². The molecule has 0 amide bonds. The molecule has 1 aromatic heterocycles. The molecule has 4 rings (SSSR count). The number of aromatic nitrogens is 2. The van der Waals surface area contributed by atoms with Crippen molar-refractivity contribution in [1.29, 1.82) is 0 Å². The van der Waals surface area contributed by atoms with Crippen LogP contribution in [-0.2, 0) is 13.1 Å². The fourth-order valence-corrected chi connectivity index (χ4v) is 3.91. The third-order valence-electron chi connectivity index (χ3n) is 5.16. The fraction of sp³-hybridized carbons (Fsp3) is 0.318. The number of benzene rings is 2. The normalized spacial score (nSPS) is 18.9. The minimum Gasteiger partial charge on any atom is -0.390 e. The van der Waals surface area contributed by atoms with Crippen LogP contribution in [0.15, 0.2) is 60.8 Å². The van der Waals surface area contributed by atoms with E-state index in [0.29, 0.717) is 13.1 Å². The maximum absolute atomic E-state index is 10.5. The van der Waals surface area contributed by atoms with Gasteiger partial charge >= 0.3 is 0 Å². The number of aliphatic hydroxyl groups excluding tert-OH is 1. The molecule has 1 atom stereocenters. The lowest BCUT2D eigenvalue weighted by Gasteiger charge is -2.21. The summed E-state index contributed by atoms with van der Waals surface area (Å²) in [6, 6.07) is 18.2. The number of hydrogen-bond donors (Lipinski definition) is 2. The van der Waals surface area contributed by atoms with Crippen molar-refractivity contribution in [3.05, 3.63) is 76.9 Å². The van der Waals surface area contributed by atoms with Crippen LogP contribution in [-0.4, -0.2) is 57.4 Å². The van der Waals surface area contributed by atoms with Crippen molar-refractivity contribution in [3.8, 4) is 11.3 Å². The molecule has 146 valence electrons. The number of halogens is 1. The highest BCUT2D eigenvalue weighted by Crippen LogP contribution is 2.24. The van der Waals surface area contributed by atoms with Crippen molar-refractivity contribution in [2.45, 2.75) is 19.2 Å². The third-order valence-corrected chi connectivity index (χ3v) is 5.42. The molecular weight excluding hydrogens is 372 g/mol. The second-order valence-electron chi connectivity index (χ2n) is 7.39. The summed E-state index contributed by atoms with van der Waals surface area (Å²) in [5.41, 5.74) is 4.49. The molecule has 0 saturated carbocycles.